The monoisotopic (exact) mass is 325 g/mol. The number of methoxy groups -OCH3 is 1. The van der Waals surface area contributed by atoms with E-state index < -0.39 is 0 Å². The Morgan fingerprint density at radius 2 is 1.94 bits per heavy atom. The number of nitrogens with zero attached hydrogens (tertiary/aromatic N) is 2. The molecule has 0 spiro atoms. The van der Waals surface area contributed by atoms with Gasteiger partial charge >= 0.3 is 0 Å². The van der Waals surface area contributed by atoms with Crippen LogP contribution in [0.1, 0.15) is 0 Å². The van der Waals surface area contributed by atoms with E-state index in [1.54, 1.807) is 25.9 Å². The molecule has 6 heteroatoms. The van der Waals surface area contributed by atoms with E-state index in [1.165, 1.54) is 6.33 Å². The summed E-state index contributed by atoms with van der Waals surface area (Å²) in [5.74, 6) is 1.35. The maximum absolute atomic E-state index is 5.35. The van der Waals surface area contributed by atoms with Crippen LogP contribution in [0.25, 0.3) is 0 Å². The molecule has 0 aliphatic rings. The molecule has 0 saturated heterocycles. The van der Waals surface area contributed by atoms with Gasteiger partial charge in [0, 0.05) is 16.4 Å². The molecule has 2 rings (SSSR count). The van der Waals surface area contributed by atoms with Gasteiger partial charge in [-0.2, -0.15) is 0 Å². The summed E-state index contributed by atoms with van der Waals surface area (Å²) in [5.41, 5.74) is 0. The van der Waals surface area contributed by atoms with E-state index in [4.69, 9.17) is 4.74 Å². The minimum Gasteiger partial charge on any atom is -0.490 e. The van der Waals surface area contributed by atoms with Crippen molar-refractivity contribution in [3.8, 4) is 5.75 Å². The molecule has 0 aliphatic heterocycles. The van der Waals surface area contributed by atoms with Gasteiger partial charge in [-0.05, 0) is 24.3 Å². The van der Waals surface area contributed by atoms with Crippen molar-refractivity contribution in [2.24, 2.45) is 0 Å². The minimum absolute atomic E-state index is 0.660. The highest BCUT2D eigenvalue weighted by Gasteiger charge is 2.12. The number of hydrogen-bond donors (Lipinski definition) is 1. The summed E-state index contributed by atoms with van der Waals surface area (Å²) in [7, 11) is 3.42. The number of rotatable bonds is 4. The van der Waals surface area contributed by atoms with E-state index in [2.05, 4.69) is 31.2 Å². The van der Waals surface area contributed by atoms with Gasteiger partial charge < -0.3 is 10.1 Å². The molecule has 0 aliphatic carbocycles. The van der Waals surface area contributed by atoms with Crippen molar-refractivity contribution in [1.82, 2.24) is 9.97 Å². The molecule has 4 nitrogen and oxygen atoms in total. The standard InChI is InChI=1S/C12H12BrN3OS/c1-14-11-10(17-2)12(16-7-15-11)18-9-5-3-8(13)4-6-9/h3-7H,1-2H3,(H,14,15,16). The SMILES string of the molecule is CNc1ncnc(Sc2ccc(Br)cc2)c1OC. The van der Waals surface area contributed by atoms with E-state index in [-0.39, 0.29) is 0 Å². The van der Waals surface area contributed by atoms with Crippen molar-refractivity contribution in [3.05, 3.63) is 35.1 Å². The third-order valence-corrected chi connectivity index (χ3v) is 3.76. The Morgan fingerprint density at radius 1 is 1.22 bits per heavy atom. The lowest BCUT2D eigenvalue weighted by atomic mass is 10.4. The number of nitrogens with one attached hydrogen (secondary N) is 1. The molecule has 0 atom stereocenters. The normalized spacial score (nSPS) is 10.2. The highest BCUT2D eigenvalue weighted by Crippen LogP contribution is 2.36. The quantitative estimate of drug-likeness (QED) is 0.872. The van der Waals surface area contributed by atoms with Gasteiger partial charge in [0.15, 0.2) is 11.6 Å². The van der Waals surface area contributed by atoms with Crippen molar-refractivity contribution in [2.45, 2.75) is 9.92 Å². The zero-order valence-corrected chi connectivity index (χ0v) is 12.4. The Labute approximate surface area is 118 Å². The third-order valence-electron chi connectivity index (χ3n) is 2.24. The lowest BCUT2D eigenvalue weighted by molar-refractivity contribution is 0.400. The summed E-state index contributed by atoms with van der Waals surface area (Å²) in [6, 6.07) is 8.04. The molecule has 0 unspecified atom stereocenters. The first-order valence-electron chi connectivity index (χ1n) is 5.24. The Bertz CT molecular complexity index is 533. The molecule has 18 heavy (non-hydrogen) atoms. The predicted octanol–water partition coefficient (Wildman–Crippen LogP) is 3.44. The summed E-state index contributed by atoms with van der Waals surface area (Å²) in [6.07, 6.45) is 1.52. The highest BCUT2D eigenvalue weighted by molar-refractivity contribution is 9.10. The molecule has 0 bridgehead atoms. The molecule has 0 amide bonds. The van der Waals surface area contributed by atoms with Gasteiger partial charge in [0.2, 0.25) is 0 Å². The summed E-state index contributed by atoms with van der Waals surface area (Å²) in [6.45, 7) is 0. The fraction of sp³-hybridized carbons (Fsp3) is 0.167. The molecule has 1 heterocycles. The number of hydrogen-bond acceptors (Lipinski definition) is 5. The molecular formula is C12H12BrN3OS. The molecule has 1 aromatic heterocycles. The van der Waals surface area contributed by atoms with Crippen LogP contribution >= 0.6 is 27.7 Å². The van der Waals surface area contributed by atoms with Crippen LogP contribution in [0.5, 0.6) is 5.75 Å². The van der Waals surface area contributed by atoms with Gasteiger partial charge in [-0.1, -0.05) is 27.7 Å². The predicted molar refractivity (Wildman–Crippen MR) is 76.4 cm³/mol. The first-order valence-corrected chi connectivity index (χ1v) is 6.85. The second-order valence-corrected chi connectivity index (χ2v) is 5.34. The van der Waals surface area contributed by atoms with Crippen molar-refractivity contribution >= 4 is 33.5 Å². The van der Waals surface area contributed by atoms with Crippen LogP contribution in [0.4, 0.5) is 5.82 Å². The number of ether oxygens (including phenoxy) is 1. The molecule has 0 radical (unpaired) electrons. The van der Waals surface area contributed by atoms with Gasteiger partial charge in [-0.25, -0.2) is 9.97 Å². The average molecular weight is 326 g/mol. The van der Waals surface area contributed by atoms with E-state index in [9.17, 15) is 0 Å². The second-order valence-electron chi connectivity index (χ2n) is 3.37. The van der Waals surface area contributed by atoms with Gasteiger partial charge in [0.1, 0.15) is 11.4 Å². The summed E-state index contributed by atoms with van der Waals surface area (Å²) in [4.78, 5) is 9.46. The largest absolute Gasteiger partial charge is 0.490 e. The third kappa shape index (κ3) is 2.94. The average Bonchev–Trinajstić information content (AvgIpc) is 2.41. The second kappa shape index (κ2) is 6.06. The topological polar surface area (TPSA) is 47.0 Å². The molecule has 1 N–H and O–H groups in total. The summed E-state index contributed by atoms with van der Waals surface area (Å²) < 4.78 is 6.40. The molecule has 94 valence electrons. The smallest absolute Gasteiger partial charge is 0.194 e. The van der Waals surface area contributed by atoms with Gasteiger partial charge in [-0.3, -0.25) is 0 Å². The highest BCUT2D eigenvalue weighted by atomic mass is 79.9. The Morgan fingerprint density at radius 3 is 2.56 bits per heavy atom. The lowest BCUT2D eigenvalue weighted by Gasteiger charge is -2.10. The van der Waals surface area contributed by atoms with Crippen LogP contribution in [-0.2, 0) is 0 Å². The maximum atomic E-state index is 5.35. The number of anilines is 1. The minimum atomic E-state index is 0.660. The number of aromatic nitrogens is 2. The zero-order valence-electron chi connectivity index (χ0n) is 9.98. The number of halogens is 1. The van der Waals surface area contributed by atoms with Crippen molar-refractivity contribution in [2.75, 3.05) is 19.5 Å². The molecule has 0 saturated carbocycles. The Balaban J connectivity index is 2.31. The summed E-state index contributed by atoms with van der Waals surface area (Å²) in [5, 5.41) is 3.78. The Hall–Kier alpha value is -1.27. The van der Waals surface area contributed by atoms with E-state index >= 15 is 0 Å². The lowest BCUT2D eigenvalue weighted by Crippen LogP contribution is -1.99. The first-order chi connectivity index (χ1) is 8.74. The molecular weight excluding hydrogens is 314 g/mol. The van der Waals surface area contributed by atoms with Gasteiger partial charge in [-0.15, -0.1) is 0 Å². The fourth-order valence-electron chi connectivity index (χ4n) is 1.41. The van der Waals surface area contributed by atoms with E-state index in [1.807, 2.05) is 24.3 Å². The van der Waals surface area contributed by atoms with Crippen LogP contribution in [0.2, 0.25) is 0 Å². The van der Waals surface area contributed by atoms with E-state index in [0.717, 1.165) is 14.4 Å². The zero-order chi connectivity index (χ0) is 13.0. The van der Waals surface area contributed by atoms with Crippen LogP contribution in [0, 0.1) is 0 Å². The van der Waals surface area contributed by atoms with Crippen LogP contribution < -0.4 is 10.1 Å². The maximum Gasteiger partial charge on any atom is 0.194 e. The van der Waals surface area contributed by atoms with Crippen LogP contribution in [-0.4, -0.2) is 24.1 Å². The van der Waals surface area contributed by atoms with Gasteiger partial charge in [0.05, 0.1) is 7.11 Å². The molecule has 0 fully saturated rings. The molecule has 2 aromatic rings. The van der Waals surface area contributed by atoms with Crippen molar-refractivity contribution in [3.63, 3.8) is 0 Å². The molecule has 1 aromatic carbocycles. The van der Waals surface area contributed by atoms with Crippen molar-refractivity contribution in [1.29, 1.82) is 0 Å². The fourth-order valence-corrected chi connectivity index (χ4v) is 2.54. The summed E-state index contributed by atoms with van der Waals surface area (Å²) >= 11 is 4.95. The van der Waals surface area contributed by atoms with Crippen molar-refractivity contribution < 1.29 is 4.74 Å². The number of benzene rings is 1. The van der Waals surface area contributed by atoms with Crippen LogP contribution in [0.3, 0.4) is 0 Å². The van der Waals surface area contributed by atoms with Gasteiger partial charge in [0.25, 0.3) is 0 Å². The Kier molecular flexibility index (Phi) is 4.43. The van der Waals surface area contributed by atoms with E-state index in [0.29, 0.717) is 11.6 Å². The van der Waals surface area contributed by atoms with Crippen LogP contribution in [0.15, 0.2) is 45.0 Å². The first kappa shape index (κ1) is 13.2.